The molecule has 0 bridgehead atoms. The number of carbonyl (C=O) groups excluding carboxylic acids is 5. The Labute approximate surface area is 308 Å². The number of hydrogen-bond donors (Lipinski definition) is 12. The summed E-state index contributed by atoms with van der Waals surface area (Å²) in [6, 6.07) is -1.87. The molecule has 0 heterocycles. The summed E-state index contributed by atoms with van der Waals surface area (Å²) in [6.45, 7) is 8.58. The molecule has 0 saturated carbocycles. The molecule has 296 valence electrons. The molecule has 0 aliphatic carbocycles. The molecule has 0 aromatic heterocycles. The highest BCUT2D eigenvalue weighted by molar-refractivity contribution is 5.96. The Morgan fingerprint density at radius 3 is 1.87 bits per heavy atom. The summed E-state index contributed by atoms with van der Waals surface area (Å²) in [5.74, 6) is -7.48. The van der Waals surface area contributed by atoms with Crippen LogP contribution in [0, 0.1) is 17.2 Å². The van der Waals surface area contributed by atoms with E-state index in [1.54, 1.807) is 27.7 Å². The minimum atomic E-state index is -1.41. The third-order valence-electron chi connectivity index (χ3n) is 8.23. The van der Waals surface area contributed by atoms with Crippen molar-refractivity contribution in [3.63, 3.8) is 0 Å². The van der Waals surface area contributed by atoms with Crippen LogP contribution in [0.5, 0.6) is 5.75 Å². The molecule has 1 rings (SSSR count). The summed E-state index contributed by atoms with van der Waals surface area (Å²) in [5.41, 5.74) is 11.4. The van der Waals surface area contributed by atoms with Gasteiger partial charge in [0.25, 0.3) is 0 Å². The summed E-state index contributed by atoms with van der Waals surface area (Å²) in [7, 11) is 0. The van der Waals surface area contributed by atoms with Gasteiger partial charge in [0.1, 0.15) is 36.0 Å². The molecular weight excluding hydrogens is 694 g/mol. The van der Waals surface area contributed by atoms with E-state index < -0.39 is 90.1 Å². The molecule has 19 nitrogen and oxygen atoms in total. The van der Waals surface area contributed by atoms with Crippen LogP contribution in [0.3, 0.4) is 0 Å². The summed E-state index contributed by atoms with van der Waals surface area (Å²) < 4.78 is 0. The SMILES string of the molecule is CC[C@H](C)[C@H](NC(=O)[C@H](C)NC(=O)[C@@H](N)CC(=O)O)C(=O)N[C@@H](CC(C)C)C(=O)N[C@@H](CCCNC(=N)N)C(=O)N[C@@H](Cc1ccc(O)cc1)C(=O)O. The molecule has 0 aliphatic rings. The van der Waals surface area contributed by atoms with Crippen LogP contribution in [0.15, 0.2) is 24.3 Å². The number of carboxylic acids is 2. The van der Waals surface area contributed by atoms with Gasteiger partial charge >= 0.3 is 11.9 Å². The molecular formula is C34H55N9O10. The topological polar surface area (TPSA) is 328 Å². The first-order valence-electron chi connectivity index (χ1n) is 17.3. The quantitative estimate of drug-likeness (QED) is 0.0349. The zero-order chi connectivity index (χ0) is 40.4. The van der Waals surface area contributed by atoms with Gasteiger partial charge < -0.3 is 58.7 Å². The number of amides is 5. The fourth-order valence-corrected chi connectivity index (χ4v) is 5.02. The van der Waals surface area contributed by atoms with Gasteiger partial charge in [-0.15, -0.1) is 0 Å². The number of guanidine groups is 1. The molecule has 1 aromatic rings. The Morgan fingerprint density at radius 1 is 0.774 bits per heavy atom. The van der Waals surface area contributed by atoms with E-state index in [4.69, 9.17) is 22.0 Å². The van der Waals surface area contributed by atoms with E-state index in [-0.39, 0.29) is 49.9 Å². The van der Waals surface area contributed by atoms with E-state index in [0.29, 0.717) is 12.0 Å². The largest absolute Gasteiger partial charge is 0.508 e. The number of rotatable bonds is 23. The monoisotopic (exact) mass is 749 g/mol. The molecule has 0 spiro atoms. The van der Waals surface area contributed by atoms with Gasteiger partial charge in [0.15, 0.2) is 5.96 Å². The molecule has 0 saturated heterocycles. The van der Waals surface area contributed by atoms with Gasteiger partial charge in [0, 0.05) is 13.0 Å². The fraction of sp³-hybridized carbons (Fsp3) is 0.588. The summed E-state index contributed by atoms with van der Waals surface area (Å²) >= 11 is 0. The Bertz CT molecular complexity index is 1440. The zero-order valence-corrected chi connectivity index (χ0v) is 30.7. The lowest BCUT2D eigenvalue weighted by Gasteiger charge is -2.29. The maximum absolute atomic E-state index is 13.8. The van der Waals surface area contributed by atoms with E-state index in [0.717, 1.165) is 0 Å². The maximum atomic E-state index is 13.8. The van der Waals surface area contributed by atoms with Crippen molar-refractivity contribution in [3.8, 4) is 5.75 Å². The van der Waals surface area contributed by atoms with Gasteiger partial charge in [0.2, 0.25) is 29.5 Å². The van der Waals surface area contributed by atoms with Crippen molar-refractivity contribution in [2.24, 2.45) is 23.3 Å². The first-order chi connectivity index (χ1) is 24.7. The van der Waals surface area contributed by atoms with Crippen molar-refractivity contribution in [1.29, 1.82) is 5.41 Å². The van der Waals surface area contributed by atoms with E-state index in [2.05, 4.69) is 31.9 Å². The van der Waals surface area contributed by atoms with E-state index >= 15 is 0 Å². The van der Waals surface area contributed by atoms with Crippen molar-refractivity contribution in [2.75, 3.05) is 6.54 Å². The number of nitrogens with one attached hydrogen (secondary N) is 7. The highest BCUT2D eigenvalue weighted by Crippen LogP contribution is 2.14. The van der Waals surface area contributed by atoms with Crippen LogP contribution in [0.4, 0.5) is 0 Å². The number of aromatic hydroxyl groups is 1. The number of carboxylic acid groups (broad SMARTS) is 2. The van der Waals surface area contributed by atoms with Crippen LogP contribution in [0.1, 0.15) is 72.3 Å². The number of aliphatic carboxylic acids is 2. The van der Waals surface area contributed by atoms with E-state index in [1.807, 2.05) is 0 Å². The van der Waals surface area contributed by atoms with Crippen LogP contribution in [0.2, 0.25) is 0 Å². The van der Waals surface area contributed by atoms with Gasteiger partial charge in [-0.05, 0) is 55.7 Å². The lowest BCUT2D eigenvalue weighted by atomic mass is 9.96. The normalized spacial score (nSPS) is 14.9. The third kappa shape index (κ3) is 17.1. The van der Waals surface area contributed by atoms with Crippen molar-refractivity contribution in [3.05, 3.63) is 29.8 Å². The predicted octanol–water partition coefficient (Wildman–Crippen LogP) is -1.38. The highest BCUT2D eigenvalue weighted by Gasteiger charge is 2.34. The number of hydrogen-bond acceptors (Lipinski definition) is 10. The number of carbonyl (C=O) groups is 7. The standard InChI is InChI=1S/C34H55N9O10/c1-6-18(4)27(43-28(47)19(5)39-29(48)22(35)16-26(45)46)32(51)41-24(14-17(2)3)31(50)40-23(8-7-13-38-34(36)37)30(49)42-25(33(52)53)15-20-9-11-21(44)12-10-20/h9-12,17-19,22-25,27,44H,6-8,13-16,35H2,1-5H3,(H,39,48)(H,40,50)(H,41,51)(H,42,49)(H,43,47)(H,45,46)(H,52,53)(H4,36,37,38)/t18-,19-,22-,23-,24-,25-,27-/m0/s1. The minimum absolute atomic E-state index is 0.00295. The molecule has 14 N–H and O–H groups in total. The fourth-order valence-electron chi connectivity index (χ4n) is 5.02. The lowest BCUT2D eigenvalue weighted by Crippen LogP contribution is -2.60. The van der Waals surface area contributed by atoms with Gasteiger partial charge in [-0.25, -0.2) is 4.79 Å². The highest BCUT2D eigenvalue weighted by atomic mass is 16.4. The first kappa shape index (κ1) is 45.6. The lowest BCUT2D eigenvalue weighted by molar-refractivity contribution is -0.142. The smallest absolute Gasteiger partial charge is 0.326 e. The van der Waals surface area contributed by atoms with Crippen LogP contribution >= 0.6 is 0 Å². The second-order valence-corrected chi connectivity index (χ2v) is 13.3. The Balaban J connectivity index is 3.22. The average Bonchev–Trinajstić information content (AvgIpc) is 3.07. The number of phenols is 1. The van der Waals surface area contributed by atoms with Crippen molar-refractivity contribution in [1.82, 2.24) is 31.9 Å². The zero-order valence-electron chi connectivity index (χ0n) is 30.7. The molecule has 5 amide bonds. The third-order valence-corrected chi connectivity index (χ3v) is 8.23. The summed E-state index contributed by atoms with van der Waals surface area (Å²) in [5, 5.41) is 50.9. The molecule has 0 fully saturated rings. The molecule has 1 aromatic carbocycles. The first-order valence-corrected chi connectivity index (χ1v) is 17.3. The summed E-state index contributed by atoms with van der Waals surface area (Å²) in [6.07, 6.45) is -0.0141. The van der Waals surface area contributed by atoms with Crippen molar-refractivity contribution in [2.45, 2.75) is 109 Å². The maximum Gasteiger partial charge on any atom is 0.326 e. The number of phenolic OH excluding ortho intramolecular Hbond substituents is 1. The number of nitrogens with two attached hydrogens (primary N) is 2. The minimum Gasteiger partial charge on any atom is -0.508 e. The second kappa shape index (κ2) is 22.5. The number of benzene rings is 1. The van der Waals surface area contributed by atoms with Gasteiger partial charge in [-0.3, -0.25) is 34.2 Å². The molecule has 0 unspecified atom stereocenters. The van der Waals surface area contributed by atoms with Crippen LogP contribution in [-0.2, 0) is 40.0 Å². The van der Waals surface area contributed by atoms with Gasteiger partial charge in [-0.2, -0.15) is 0 Å². The van der Waals surface area contributed by atoms with E-state index in [9.17, 15) is 43.8 Å². The second-order valence-electron chi connectivity index (χ2n) is 13.3. The van der Waals surface area contributed by atoms with Gasteiger partial charge in [0.05, 0.1) is 12.5 Å². The average molecular weight is 750 g/mol. The molecule has 0 radical (unpaired) electrons. The molecule has 53 heavy (non-hydrogen) atoms. The van der Waals surface area contributed by atoms with E-state index in [1.165, 1.54) is 31.2 Å². The predicted molar refractivity (Wildman–Crippen MR) is 193 cm³/mol. The van der Waals surface area contributed by atoms with Crippen molar-refractivity contribution >= 4 is 47.4 Å². The molecule has 19 heteroatoms. The summed E-state index contributed by atoms with van der Waals surface area (Å²) in [4.78, 5) is 89.3. The Hall–Kier alpha value is -5.46. The van der Waals surface area contributed by atoms with Gasteiger partial charge in [-0.1, -0.05) is 46.2 Å². The van der Waals surface area contributed by atoms with Crippen molar-refractivity contribution < 1.29 is 48.9 Å². The molecule has 7 atom stereocenters. The van der Waals surface area contributed by atoms with Crippen LogP contribution in [-0.4, -0.2) is 106 Å². The Morgan fingerprint density at radius 2 is 1.34 bits per heavy atom. The molecule has 0 aliphatic heterocycles. The van der Waals surface area contributed by atoms with Crippen LogP contribution < -0.4 is 43.4 Å². The van der Waals surface area contributed by atoms with Crippen LogP contribution in [0.25, 0.3) is 0 Å². The Kier molecular flexibility index (Phi) is 19.3.